The van der Waals surface area contributed by atoms with Crippen molar-refractivity contribution in [3.8, 4) is 0 Å². The molecule has 0 radical (unpaired) electrons. The molecule has 6 heteroatoms. The van der Waals surface area contributed by atoms with Crippen molar-refractivity contribution in [3.05, 3.63) is 82.9 Å². The van der Waals surface area contributed by atoms with Gasteiger partial charge in [-0.25, -0.2) is 0 Å². The summed E-state index contributed by atoms with van der Waals surface area (Å²) in [6.45, 7) is 8.13. The molecule has 2 aromatic rings. The van der Waals surface area contributed by atoms with Gasteiger partial charge in [-0.2, -0.15) is 0 Å². The van der Waals surface area contributed by atoms with Crippen molar-refractivity contribution in [3.63, 3.8) is 0 Å². The van der Waals surface area contributed by atoms with Crippen LogP contribution in [0.3, 0.4) is 0 Å². The van der Waals surface area contributed by atoms with Crippen LogP contribution in [0.2, 0.25) is 5.02 Å². The average Bonchev–Trinajstić information content (AvgIpc) is 3.17. The maximum atomic E-state index is 10.4. The third-order valence-corrected chi connectivity index (χ3v) is 5.12. The number of rotatable bonds is 11. The summed E-state index contributed by atoms with van der Waals surface area (Å²) in [5.41, 5.74) is 4.34. The fourth-order valence-corrected chi connectivity index (χ4v) is 3.68. The van der Waals surface area contributed by atoms with Crippen LogP contribution in [-0.2, 0) is 16.1 Å². The summed E-state index contributed by atoms with van der Waals surface area (Å²) in [4.78, 5) is 7.87. The second-order valence-corrected chi connectivity index (χ2v) is 8.08. The highest BCUT2D eigenvalue weighted by molar-refractivity contribution is 6.30. The largest absolute Gasteiger partial charge is 0.390 e. The van der Waals surface area contributed by atoms with Crippen LogP contribution in [-0.4, -0.2) is 54.2 Å². The Hall–Kier alpha value is -2.18. The van der Waals surface area contributed by atoms with E-state index in [1.54, 1.807) is 6.08 Å². The highest BCUT2D eigenvalue weighted by atomic mass is 35.5. The first-order valence-electron chi connectivity index (χ1n) is 10.2. The second kappa shape index (κ2) is 11.3. The number of hydrogen-bond donors (Lipinski definition) is 1. The fraction of sp³-hybridized carbons (Fsp3) is 0.375. The van der Waals surface area contributed by atoms with E-state index in [-0.39, 0.29) is 12.7 Å². The van der Waals surface area contributed by atoms with Crippen LogP contribution in [0, 0.1) is 6.92 Å². The lowest BCUT2D eigenvalue weighted by molar-refractivity contribution is 0.00336. The van der Waals surface area contributed by atoms with Gasteiger partial charge in [-0.15, -0.1) is 6.58 Å². The summed E-state index contributed by atoms with van der Waals surface area (Å²) in [5, 5.41) is 15.4. The van der Waals surface area contributed by atoms with Gasteiger partial charge in [-0.05, 0) is 30.2 Å². The highest BCUT2D eigenvalue weighted by Gasteiger charge is 2.25. The van der Waals surface area contributed by atoms with Gasteiger partial charge in [0.05, 0.1) is 25.0 Å². The van der Waals surface area contributed by atoms with E-state index in [1.807, 2.05) is 24.3 Å². The minimum absolute atomic E-state index is 0.0678. The molecule has 0 spiro atoms. The minimum atomic E-state index is -0.608. The molecule has 160 valence electrons. The smallest absolute Gasteiger partial charge is 0.145 e. The van der Waals surface area contributed by atoms with Crippen LogP contribution in [0.1, 0.15) is 23.1 Å². The van der Waals surface area contributed by atoms with Gasteiger partial charge in [0.15, 0.2) is 0 Å². The Morgan fingerprint density at radius 3 is 2.87 bits per heavy atom. The lowest BCUT2D eigenvalue weighted by Gasteiger charge is -2.27. The number of nitrogens with zero attached hydrogens (tertiary/aromatic N) is 2. The van der Waals surface area contributed by atoms with E-state index in [4.69, 9.17) is 21.2 Å². The predicted molar refractivity (Wildman–Crippen MR) is 121 cm³/mol. The van der Waals surface area contributed by atoms with Crippen molar-refractivity contribution in [2.75, 3.05) is 26.3 Å². The van der Waals surface area contributed by atoms with Crippen LogP contribution in [0.25, 0.3) is 0 Å². The van der Waals surface area contributed by atoms with Crippen molar-refractivity contribution in [1.82, 2.24) is 4.90 Å². The van der Waals surface area contributed by atoms with Gasteiger partial charge in [0.2, 0.25) is 0 Å². The van der Waals surface area contributed by atoms with Crippen LogP contribution in [0.5, 0.6) is 0 Å². The molecule has 0 bridgehead atoms. The van der Waals surface area contributed by atoms with Gasteiger partial charge in [0, 0.05) is 31.1 Å². The summed E-state index contributed by atoms with van der Waals surface area (Å²) < 4.78 is 5.40. The van der Waals surface area contributed by atoms with E-state index < -0.39 is 6.10 Å². The quantitative estimate of drug-likeness (QED) is 0.430. The fourth-order valence-electron chi connectivity index (χ4n) is 3.47. The predicted octanol–water partition coefficient (Wildman–Crippen LogP) is 4.21. The third kappa shape index (κ3) is 6.96. The molecular weight excluding hydrogens is 400 g/mol. The molecule has 1 N–H and O–H groups in total. The number of oxime groups is 1. The lowest BCUT2D eigenvalue weighted by Crippen LogP contribution is -2.39. The SMILES string of the molecule is C=CCOCC(O)CN(Cc1cccc(Cl)c1)CC1CC(c2ccc(C)cc2)=NO1. The van der Waals surface area contributed by atoms with Gasteiger partial charge in [-0.3, -0.25) is 4.90 Å². The van der Waals surface area contributed by atoms with Crippen LogP contribution < -0.4 is 0 Å². The van der Waals surface area contributed by atoms with Crippen molar-refractivity contribution in [2.45, 2.75) is 32.1 Å². The van der Waals surface area contributed by atoms with Gasteiger partial charge in [0.25, 0.3) is 0 Å². The van der Waals surface area contributed by atoms with E-state index in [1.165, 1.54) is 5.56 Å². The van der Waals surface area contributed by atoms with E-state index >= 15 is 0 Å². The van der Waals surface area contributed by atoms with Gasteiger partial charge >= 0.3 is 0 Å². The Balaban J connectivity index is 1.61. The summed E-state index contributed by atoms with van der Waals surface area (Å²) in [7, 11) is 0. The van der Waals surface area contributed by atoms with Crippen LogP contribution >= 0.6 is 11.6 Å². The molecule has 0 aromatic heterocycles. The first kappa shape index (κ1) is 22.5. The second-order valence-electron chi connectivity index (χ2n) is 7.64. The molecule has 0 amide bonds. The molecule has 2 aromatic carbocycles. The Morgan fingerprint density at radius 2 is 2.13 bits per heavy atom. The summed E-state index contributed by atoms with van der Waals surface area (Å²) in [6, 6.07) is 16.1. The molecule has 5 nitrogen and oxygen atoms in total. The first-order valence-corrected chi connectivity index (χ1v) is 10.5. The molecule has 0 fully saturated rings. The van der Waals surface area contributed by atoms with Gasteiger partial charge in [-0.1, -0.05) is 64.8 Å². The molecule has 1 heterocycles. The number of benzene rings is 2. The minimum Gasteiger partial charge on any atom is -0.390 e. The molecular formula is C24H29ClN2O3. The Labute approximate surface area is 183 Å². The molecule has 2 atom stereocenters. The Bertz CT molecular complexity index is 854. The molecule has 0 saturated heterocycles. The standard InChI is InChI=1S/C24H29ClN2O3/c1-3-11-29-17-22(28)15-27(14-19-5-4-6-21(25)12-19)16-23-13-24(26-30-23)20-9-7-18(2)8-10-20/h3-10,12,22-23,28H,1,11,13-17H2,2H3. The normalized spacial score (nSPS) is 16.9. The lowest BCUT2D eigenvalue weighted by atomic mass is 10.0. The van der Waals surface area contributed by atoms with Crippen LogP contribution in [0.4, 0.5) is 0 Å². The first-order chi connectivity index (χ1) is 14.5. The topological polar surface area (TPSA) is 54.3 Å². The number of aliphatic hydroxyl groups excluding tert-OH is 1. The number of halogens is 1. The van der Waals surface area contributed by atoms with E-state index in [0.717, 1.165) is 23.3 Å². The number of ether oxygens (including phenoxy) is 1. The van der Waals surface area contributed by atoms with Crippen molar-refractivity contribution in [1.29, 1.82) is 0 Å². The third-order valence-electron chi connectivity index (χ3n) is 4.89. The summed E-state index contributed by atoms with van der Waals surface area (Å²) >= 11 is 6.15. The molecule has 1 aliphatic heterocycles. The number of aryl methyl sites for hydroxylation is 1. The summed E-state index contributed by atoms with van der Waals surface area (Å²) in [5.74, 6) is 0. The number of aliphatic hydroxyl groups is 1. The van der Waals surface area contributed by atoms with Crippen molar-refractivity contribution < 1.29 is 14.7 Å². The average molecular weight is 429 g/mol. The van der Waals surface area contributed by atoms with Crippen LogP contribution in [0.15, 0.2) is 66.3 Å². The molecule has 0 aliphatic carbocycles. The maximum absolute atomic E-state index is 10.4. The van der Waals surface area contributed by atoms with E-state index in [2.05, 4.69) is 47.8 Å². The van der Waals surface area contributed by atoms with E-state index in [0.29, 0.717) is 31.3 Å². The zero-order valence-corrected chi connectivity index (χ0v) is 18.1. The summed E-state index contributed by atoms with van der Waals surface area (Å²) in [6.07, 6.45) is 1.73. The Morgan fingerprint density at radius 1 is 1.33 bits per heavy atom. The molecule has 2 unspecified atom stereocenters. The van der Waals surface area contributed by atoms with Crippen molar-refractivity contribution >= 4 is 17.3 Å². The Kier molecular flexibility index (Phi) is 8.46. The zero-order chi connectivity index (χ0) is 21.3. The zero-order valence-electron chi connectivity index (χ0n) is 17.3. The van der Waals surface area contributed by atoms with Crippen molar-refractivity contribution in [2.24, 2.45) is 5.16 Å². The van der Waals surface area contributed by atoms with Gasteiger partial charge in [0.1, 0.15) is 6.10 Å². The molecule has 1 aliphatic rings. The van der Waals surface area contributed by atoms with E-state index in [9.17, 15) is 5.11 Å². The number of hydrogen-bond acceptors (Lipinski definition) is 5. The highest BCUT2D eigenvalue weighted by Crippen LogP contribution is 2.20. The molecule has 30 heavy (non-hydrogen) atoms. The van der Waals surface area contributed by atoms with Gasteiger partial charge < -0.3 is 14.7 Å². The monoisotopic (exact) mass is 428 g/mol. The maximum Gasteiger partial charge on any atom is 0.145 e. The molecule has 3 rings (SSSR count). The molecule has 0 saturated carbocycles.